The van der Waals surface area contributed by atoms with Crippen molar-refractivity contribution < 1.29 is 23.0 Å². The van der Waals surface area contributed by atoms with Crippen LogP contribution in [-0.4, -0.2) is 18.9 Å². The van der Waals surface area contributed by atoms with Gasteiger partial charge in [-0.2, -0.15) is 8.78 Å². The normalized spacial score (nSPS) is 16.5. The molecule has 1 N–H and O–H groups in total. The summed E-state index contributed by atoms with van der Waals surface area (Å²) >= 11 is 0. The van der Waals surface area contributed by atoms with Crippen LogP contribution in [0.25, 0.3) is 0 Å². The van der Waals surface area contributed by atoms with Gasteiger partial charge in [0.15, 0.2) is 0 Å². The molecule has 0 aromatic heterocycles. The molecule has 27 heavy (non-hydrogen) atoms. The van der Waals surface area contributed by atoms with Crippen molar-refractivity contribution in [1.29, 1.82) is 0 Å². The van der Waals surface area contributed by atoms with Gasteiger partial charge in [0.2, 0.25) is 5.79 Å². The van der Waals surface area contributed by atoms with E-state index in [1.165, 1.54) is 0 Å². The minimum absolute atomic E-state index is 0.105. The van der Waals surface area contributed by atoms with Crippen LogP contribution in [0.3, 0.4) is 0 Å². The minimum Gasteiger partial charge on any atom is -0.463 e. The van der Waals surface area contributed by atoms with Gasteiger partial charge in [0.25, 0.3) is 0 Å². The summed E-state index contributed by atoms with van der Waals surface area (Å²) in [5.41, 5.74) is 2.90. The highest BCUT2D eigenvalue weighted by Crippen LogP contribution is 2.32. The molecule has 0 saturated heterocycles. The molecule has 0 bridgehead atoms. The van der Waals surface area contributed by atoms with Crippen LogP contribution in [-0.2, 0) is 17.8 Å². The van der Waals surface area contributed by atoms with Gasteiger partial charge in [-0.15, -0.1) is 0 Å². The Hall–Kier alpha value is -2.18. The molecule has 6 heteroatoms. The van der Waals surface area contributed by atoms with Gasteiger partial charge in [0, 0.05) is 25.5 Å². The Labute approximate surface area is 158 Å². The second kappa shape index (κ2) is 8.23. The number of rotatable bonds is 7. The van der Waals surface area contributed by atoms with Gasteiger partial charge in [0.1, 0.15) is 11.5 Å². The summed E-state index contributed by atoms with van der Waals surface area (Å²) in [6.45, 7) is 4.19. The van der Waals surface area contributed by atoms with Crippen molar-refractivity contribution in [2.45, 2.75) is 52.2 Å². The van der Waals surface area contributed by atoms with Crippen LogP contribution < -0.4 is 14.8 Å². The summed E-state index contributed by atoms with van der Waals surface area (Å²) in [5.74, 6) is 0.472. The van der Waals surface area contributed by atoms with Crippen molar-refractivity contribution >= 4 is 0 Å². The number of ether oxygens (including phenoxy) is 3. The molecule has 0 aliphatic carbocycles. The van der Waals surface area contributed by atoms with Crippen molar-refractivity contribution in [3.05, 3.63) is 59.2 Å². The summed E-state index contributed by atoms with van der Waals surface area (Å²) in [6.07, 6.45) is 0.596. The summed E-state index contributed by atoms with van der Waals surface area (Å²) in [7, 11) is 0. The van der Waals surface area contributed by atoms with E-state index in [9.17, 15) is 8.78 Å². The lowest BCUT2D eigenvalue weighted by Crippen LogP contribution is -2.35. The number of alkyl halides is 2. The predicted octanol–water partition coefficient (Wildman–Crippen LogP) is 4.83. The van der Waals surface area contributed by atoms with Gasteiger partial charge in [-0.3, -0.25) is 0 Å². The first-order chi connectivity index (χ1) is 12.8. The smallest absolute Gasteiger partial charge is 0.387 e. The number of nitrogens with one attached hydrogen (secondary N) is 1. The van der Waals surface area contributed by atoms with E-state index in [0.29, 0.717) is 19.6 Å². The maximum absolute atomic E-state index is 12.5. The summed E-state index contributed by atoms with van der Waals surface area (Å²) in [6, 6.07) is 13.1. The minimum atomic E-state index is -2.82. The monoisotopic (exact) mass is 377 g/mol. The third kappa shape index (κ3) is 5.17. The molecule has 1 aliphatic rings. The van der Waals surface area contributed by atoms with Crippen molar-refractivity contribution in [3.8, 4) is 11.5 Å². The van der Waals surface area contributed by atoms with Crippen LogP contribution in [0.2, 0.25) is 0 Å². The second-order valence-electron chi connectivity index (χ2n) is 7.07. The van der Waals surface area contributed by atoms with E-state index >= 15 is 0 Å². The predicted molar refractivity (Wildman–Crippen MR) is 99.1 cm³/mol. The third-order valence-corrected chi connectivity index (χ3v) is 4.55. The molecule has 0 fully saturated rings. The average molecular weight is 377 g/mol. The lowest BCUT2D eigenvalue weighted by molar-refractivity contribution is -0.180. The van der Waals surface area contributed by atoms with Gasteiger partial charge < -0.3 is 19.5 Å². The number of hydrogen-bond donors (Lipinski definition) is 1. The molecule has 146 valence electrons. The van der Waals surface area contributed by atoms with Gasteiger partial charge in [-0.1, -0.05) is 24.3 Å². The maximum Gasteiger partial charge on any atom is 0.387 e. The highest BCUT2D eigenvalue weighted by molar-refractivity contribution is 5.39. The molecule has 0 saturated carbocycles. The Morgan fingerprint density at radius 2 is 1.96 bits per heavy atom. The van der Waals surface area contributed by atoms with E-state index in [1.807, 2.05) is 32.0 Å². The van der Waals surface area contributed by atoms with Crippen LogP contribution in [0, 0.1) is 0 Å². The van der Waals surface area contributed by atoms with Crippen molar-refractivity contribution in [2.24, 2.45) is 0 Å². The fraction of sp³-hybridized carbons (Fsp3) is 0.429. The van der Waals surface area contributed by atoms with E-state index in [4.69, 9.17) is 9.47 Å². The Balaban J connectivity index is 1.58. The summed E-state index contributed by atoms with van der Waals surface area (Å²) < 4.78 is 41.1. The molecular weight excluding hydrogens is 352 g/mol. The molecule has 1 heterocycles. The molecule has 4 nitrogen and oxygen atoms in total. The Bertz CT molecular complexity index is 780. The van der Waals surface area contributed by atoms with Crippen LogP contribution >= 0.6 is 0 Å². The number of benzene rings is 2. The number of hydrogen-bond acceptors (Lipinski definition) is 4. The number of para-hydroxylation sites is 1. The Morgan fingerprint density at radius 3 is 2.74 bits per heavy atom. The average Bonchev–Trinajstić information content (AvgIpc) is 2.61. The van der Waals surface area contributed by atoms with Gasteiger partial charge in [-0.05, 0) is 49.2 Å². The van der Waals surface area contributed by atoms with E-state index in [0.717, 1.165) is 22.4 Å². The third-order valence-electron chi connectivity index (χ3n) is 4.55. The summed E-state index contributed by atoms with van der Waals surface area (Å²) in [4.78, 5) is 0. The van der Waals surface area contributed by atoms with Gasteiger partial charge >= 0.3 is 6.61 Å². The molecule has 0 unspecified atom stereocenters. The highest BCUT2D eigenvalue weighted by Gasteiger charge is 2.27. The largest absolute Gasteiger partial charge is 0.463 e. The van der Waals surface area contributed by atoms with Crippen LogP contribution in [0.4, 0.5) is 8.78 Å². The number of halogens is 2. The van der Waals surface area contributed by atoms with Crippen molar-refractivity contribution in [3.63, 3.8) is 0 Å². The topological polar surface area (TPSA) is 39.7 Å². The van der Waals surface area contributed by atoms with Gasteiger partial charge in [0.05, 0.1) is 6.61 Å². The summed E-state index contributed by atoms with van der Waals surface area (Å²) in [5, 5.41) is 3.43. The van der Waals surface area contributed by atoms with E-state index in [1.54, 1.807) is 18.2 Å². The molecule has 1 atom stereocenters. The quantitative estimate of drug-likeness (QED) is 0.750. The number of fused-ring (bicyclic) bond motifs is 1. The van der Waals surface area contributed by atoms with Crippen LogP contribution in [0.15, 0.2) is 42.5 Å². The molecule has 2 aromatic rings. The van der Waals surface area contributed by atoms with Gasteiger partial charge in [-0.25, -0.2) is 0 Å². The zero-order chi connectivity index (χ0) is 19.4. The van der Waals surface area contributed by atoms with E-state index < -0.39 is 12.4 Å². The fourth-order valence-electron chi connectivity index (χ4n) is 3.09. The van der Waals surface area contributed by atoms with Crippen LogP contribution in [0.1, 0.15) is 43.5 Å². The standard InChI is InChI=1S/C21H25F2NO3/c1-14(16-8-9-19-17(12-16)13-25-21(2,3)27-19)24-11-10-15-6-4-5-7-18(15)26-20(22)23/h4-9,12,14,20,24H,10-11,13H2,1-3H3/t14-/m0/s1. The molecule has 3 rings (SSSR count). The molecule has 0 radical (unpaired) electrons. The zero-order valence-electron chi connectivity index (χ0n) is 15.8. The SMILES string of the molecule is C[C@H](NCCc1ccccc1OC(F)F)c1ccc2c(c1)COC(C)(C)O2. The first kappa shape index (κ1) is 19.6. The first-order valence-electron chi connectivity index (χ1n) is 9.06. The Morgan fingerprint density at radius 1 is 1.19 bits per heavy atom. The lowest BCUT2D eigenvalue weighted by Gasteiger charge is -2.33. The molecule has 0 amide bonds. The zero-order valence-corrected chi connectivity index (χ0v) is 15.8. The maximum atomic E-state index is 12.5. The molecule has 0 spiro atoms. The lowest BCUT2D eigenvalue weighted by atomic mass is 10.0. The Kier molecular flexibility index (Phi) is 5.97. The first-order valence-corrected chi connectivity index (χ1v) is 9.06. The van der Waals surface area contributed by atoms with Crippen LogP contribution in [0.5, 0.6) is 11.5 Å². The fourth-order valence-corrected chi connectivity index (χ4v) is 3.09. The second-order valence-corrected chi connectivity index (χ2v) is 7.07. The molecule has 1 aliphatic heterocycles. The molecule has 2 aromatic carbocycles. The van der Waals surface area contributed by atoms with Crippen molar-refractivity contribution in [1.82, 2.24) is 5.32 Å². The van der Waals surface area contributed by atoms with Crippen molar-refractivity contribution in [2.75, 3.05) is 6.54 Å². The highest BCUT2D eigenvalue weighted by atomic mass is 19.3. The molecular formula is C21H25F2NO3. The van der Waals surface area contributed by atoms with E-state index in [2.05, 4.69) is 23.0 Å². The van der Waals surface area contributed by atoms with E-state index in [-0.39, 0.29) is 11.8 Å².